The topological polar surface area (TPSA) is 56.7 Å². The van der Waals surface area contributed by atoms with Crippen molar-refractivity contribution in [2.24, 2.45) is 0 Å². The third-order valence-corrected chi connectivity index (χ3v) is 15.0. The van der Waals surface area contributed by atoms with Crippen LogP contribution in [0.15, 0.2) is 211 Å². The molecule has 0 atom stereocenters. The quantitative estimate of drug-likeness (QED) is 0.165. The zero-order valence-electron chi connectivity index (χ0n) is 39.8. The number of para-hydroxylation sites is 2. The number of furan rings is 1. The highest BCUT2D eigenvalue weighted by Crippen LogP contribution is 2.53. The molecule has 0 unspecified atom stereocenters. The standard InChI is InChI=1S/C64H40N4O.C2H6/c1-64(2)53-33-30-38-15-5-6-17-43(38)57(53)51-32-28-40(35-54(51)64)44-23-13-24-52-58-49-21-9-7-18-45(49)46-19-8-10-22-50(46)60(58)68(59(44)52)63-66-61(41-27-26-37-14-3-4-16-39(37)34-41)65-62(67-63)42-29-31-48-47-20-11-12-25-55(47)69-56(48)36-42;1-2/h3-36H,1-2H3;1-2H3. The van der Waals surface area contributed by atoms with Crippen LogP contribution < -0.4 is 0 Å². The molecular formula is C66H46N4O. The fraction of sp³-hybridized carbons (Fsp3) is 0.0758. The second-order valence-corrected chi connectivity index (χ2v) is 19.1. The minimum absolute atomic E-state index is 0.212. The van der Waals surface area contributed by atoms with E-state index in [1.165, 1.54) is 54.6 Å². The maximum atomic E-state index is 6.46. The molecule has 0 amide bonds. The zero-order valence-corrected chi connectivity index (χ0v) is 39.8. The number of rotatable bonds is 4. The predicted molar refractivity (Wildman–Crippen MR) is 297 cm³/mol. The van der Waals surface area contributed by atoms with Gasteiger partial charge in [-0.05, 0) is 95.9 Å². The smallest absolute Gasteiger partial charge is 0.238 e. The van der Waals surface area contributed by atoms with Gasteiger partial charge >= 0.3 is 0 Å². The molecule has 0 bridgehead atoms. The van der Waals surface area contributed by atoms with Gasteiger partial charge in [0.15, 0.2) is 11.6 Å². The molecule has 1 aliphatic rings. The van der Waals surface area contributed by atoms with Crippen LogP contribution >= 0.6 is 0 Å². The monoisotopic (exact) mass is 910 g/mol. The van der Waals surface area contributed by atoms with E-state index in [1.807, 2.05) is 26.0 Å². The van der Waals surface area contributed by atoms with E-state index in [0.29, 0.717) is 17.6 Å². The van der Waals surface area contributed by atoms with Gasteiger partial charge in [0.05, 0.1) is 11.0 Å². The van der Waals surface area contributed by atoms with E-state index in [1.54, 1.807) is 0 Å². The zero-order chi connectivity index (χ0) is 47.5. The van der Waals surface area contributed by atoms with Crippen LogP contribution in [0.3, 0.4) is 0 Å². The number of aromatic nitrogens is 4. The van der Waals surface area contributed by atoms with E-state index < -0.39 is 0 Å². The van der Waals surface area contributed by atoms with Crippen LogP contribution in [0, 0.1) is 0 Å². The van der Waals surface area contributed by atoms with Crippen LogP contribution in [-0.2, 0) is 5.41 Å². The highest BCUT2D eigenvalue weighted by molar-refractivity contribution is 6.33. The molecule has 1 aliphatic carbocycles. The average molecular weight is 911 g/mol. The van der Waals surface area contributed by atoms with Crippen molar-refractivity contribution in [1.82, 2.24) is 19.5 Å². The molecule has 336 valence electrons. The van der Waals surface area contributed by atoms with Gasteiger partial charge in [0.2, 0.25) is 5.95 Å². The molecule has 0 N–H and O–H groups in total. The minimum Gasteiger partial charge on any atom is -0.456 e. The highest BCUT2D eigenvalue weighted by Gasteiger charge is 2.37. The van der Waals surface area contributed by atoms with E-state index in [9.17, 15) is 0 Å². The fourth-order valence-corrected chi connectivity index (χ4v) is 11.7. The van der Waals surface area contributed by atoms with E-state index >= 15 is 0 Å². The third kappa shape index (κ3) is 6.02. The van der Waals surface area contributed by atoms with Crippen molar-refractivity contribution in [3.05, 3.63) is 217 Å². The SMILES string of the molecule is CC.CC1(C)c2cc(-c3cccc4c5c6ccccc6c6ccccc6c5n(-c5nc(-c6ccc7ccccc7c6)nc(-c6ccc7c(c6)oc6ccccc67)n5)c34)ccc2-c2c1ccc1ccccc21. The summed E-state index contributed by atoms with van der Waals surface area (Å²) in [6, 6.07) is 74.3. The lowest BCUT2D eigenvalue weighted by molar-refractivity contribution is 0.661. The first kappa shape index (κ1) is 41.1. The van der Waals surface area contributed by atoms with Crippen molar-refractivity contribution in [3.63, 3.8) is 0 Å². The Hall–Kier alpha value is -8.93. The van der Waals surface area contributed by atoms with Crippen molar-refractivity contribution < 1.29 is 4.42 Å². The summed E-state index contributed by atoms with van der Waals surface area (Å²) in [5.41, 5.74) is 12.8. The number of hydrogen-bond acceptors (Lipinski definition) is 4. The van der Waals surface area contributed by atoms with Gasteiger partial charge < -0.3 is 4.42 Å². The summed E-state index contributed by atoms with van der Waals surface area (Å²) in [5, 5.41) is 14.0. The Morgan fingerprint density at radius 3 is 1.77 bits per heavy atom. The Morgan fingerprint density at radius 1 is 0.380 bits per heavy atom. The first-order valence-corrected chi connectivity index (χ1v) is 24.7. The van der Waals surface area contributed by atoms with E-state index in [4.69, 9.17) is 19.4 Å². The Kier molecular flexibility index (Phi) is 8.99. The van der Waals surface area contributed by atoms with Crippen molar-refractivity contribution in [2.75, 3.05) is 0 Å². The lowest BCUT2D eigenvalue weighted by Crippen LogP contribution is -2.15. The van der Waals surface area contributed by atoms with E-state index in [2.05, 4.69) is 213 Å². The molecule has 3 heterocycles. The second-order valence-electron chi connectivity index (χ2n) is 19.1. The Balaban J connectivity index is 0.00000232. The first-order chi connectivity index (χ1) is 35.0. The molecule has 14 aromatic rings. The van der Waals surface area contributed by atoms with Crippen molar-refractivity contribution >= 4 is 86.8 Å². The summed E-state index contributed by atoms with van der Waals surface area (Å²) in [4.78, 5) is 16.4. The number of fused-ring (bicyclic) bond motifs is 17. The molecule has 5 nitrogen and oxygen atoms in total. The summed E-state index contributed by atoms with van der Waals surface area (Å²) in [6.07, 6.45) is 0. The summed E-state index contributed by atoms with van der Waals surface area (Å²) in [7, 11) is 0. The van der Waals surface area contributed by atoms with Gasteiger partial charge in [-0.3, -0.25) is 4.57 Å². The fourth-order valence-electron chi connectivity index (χ4n) is 11.7. The lowest BCUT2D eigenvalue weighted by Gasteiger charge is -2.22. The van der Waals surface area contributed by atoms with E-state index in [0.717, 1.165) is 76.8 Å². The number of benzene rings is 11. The van der Waals surface area contributed by atoms with Gasteiger partial charge in [-0.2, -0.15) is 9.97 Å². The Morgan fingerprint density at radius 2 is 0.972 bits per heavy atom. The average Bonchev–Trinajstić information content (AvgIpc) is 4.07. The van der Waals surface area contributed by atoms with Gasteiger partial charge in [0.1, 0.15) is 11.2 Å². The normalized spacial score (nSPS) is 12.9. The Labute approximate surface area is 410 Å². The molecule has 71 heavy (non-hydrogen) atoms. The van der Waals surface area contributed by atoms with Crippen LogP contribution in [0.2, 0.25) is 0 Å². The van der Waals surface area contributed by atoms with Crippen molar-refractivity contribution in [3.8, 4) is 51.0 Å². The van der Waals surface area contributed by atoms with Crippen LogP contribution in [0.4, 0.5) is 0 Å². The maximum absolute atomic E-state index is 6.46. The molecule has 0 fully saturated rings. The van der Waals surface area contributed by atoms with Gasteiger partial charge in [-0.15, -0.1) is 0 Å². The lowest BCUT2D eigenvalue weighted by atomic mass is 9.81. The number of hydrogen-bond donors (Lipinski definition) is 0. The molecule has 0 saturated carbocycles. The van der Waals surface area contributed by atoms with Gasteiger partial charge in [0.25, 0.3) is 0 Å². The number of nitrogens with zero attached hydrogens (tertiary/aromatic N) is 4. The summed E-state index contributed by atoms with van der Waals surface area (Å²) < 4.78 is 8.80. The summed E-state index contributed by atoms with van der Waals surface area (Å²) in [6.45, 7) is 8.74. The molecule has 3 aromatic heterocycles. The molecule has 15 rings (SSSR count). The molecule has 0 radical (unpaired) electrons. The largest absolute Gasteiger partial charge is 0.456 e. The van der Waals surface area contributed by atoms with Crippen LogP contribution in [0.1, 0.15) is 38.8 Å². The first-order valence-electron chi connectivity index (χ1n) is 24.7. The van der Waals surface area contributed by atoms with Crippen LogP contribution in [-0.4, -0.2) is 19.5 Å². The van der Waals surface area contributed by atoms with Gasteiger partial charge in [0, 0.05) is 49.0 Å². The molecule has 0 saturated heterocycles. The van der Waals surface area contributed by atoms with Crippen molar-refractivity contribution in [1.29, 1.82) is 0 Å². The molecule has 11 aromatic carbocycles. The molecule has 5 heteroatoms. The molecule has 0 aliphatic heterocycles. The maximum Gasteiger partial charge on any atom is 0.238 e. The second kappa shape index (κ2) is 15.5. The van der Waals surface area contributed by atoms with Gasteiger partial charge in [-0.25, -0.2) is 4.98 Å². The van der Waals surface area contributed by atoms with Gasteiger partial charge in [-0.1, -0.05) is 204 Å². The summed E-state index contributed by atoms with van der Waals surface area (Å²) in [5.74, 6) is 1.70. The van der Waals surface area contributed by atoms with Crippen LogP contribution in [0.5, 0.6) is 0 Å². The van der Waals surface area contributed by atoms with E-state index in [-0.39, 0.29) is 5.41 Å². The third-order valence-electron chi connectivity index (χ3n) is 15.0. The molecular weight excluding hydrogens is 865 g/mol. The van der Waals surface area contributed by atoms with Crippen molar-refractivity contribution in [2.45, 2.75) is 33.1 Å². The highest BCUT2D eigenvalue weighted by atomic mass is 16.3. The van der Waals surface area contributed by atoms with Crippen LogP contribution in [0.25, 0.3) is 138 Å². The predicted octanol–water partition coefficient (Wildman–Crippen LogP) is 17.8. The molecule has 0 spiro atoms. The Bertz CT molecular complexity index is 4540. The summed E-state index contributed by atoms with van der Waals surface area (Å²) >= 11 is 0. The minimum atomic E-state index is -0.212.